The molecule has 0 unspecified atom stereocenters. The number of carbonyl (C=O) groups excluding carboxylic acids is 2. The fourth-order valence-corrected chi connectivity index (χ4v) is 4.00. The van der Waals surface area contributed by atoms with E-state index < -0.39 is 16.0 Å². The fourth-order valence-electron chi connectivity index (χ4n) is 3.46. The van der Waals surface area contributed by atoms with Gasteiger partial charge in [-0.3, -0.25) is 4.79 Å². The van der Waals surface area contributed by atoms with Gasteiger partial charge in [0.15, 0.2) is 0 Å². The lowest BCUT2D eigenvalue weighted by Crippen LogP contribution is -2.39. The molecule has 1 aromatic carbocycles. The van der Waals surface area contributed by atoms with Crippen molar-refractivity contribution in [2.24, 2.45) is 11.1 Å². The molecule has 1 amide bonds. The molecule has 30 heavy (non-hydrogen) atoms. The second kappa shape index (κ2) is 8.80. The van der Waals surface area contributed by atoms with Crippen molar-refractivity contribution in [3.05, 3.63) is 47.7 Å². The number of esters is 1. The van der Waals surface area contributed by atoms with E-state index in [0.29, 0.717) is 37.4 Å². The number of anilines is 2. The Bertz CT molecular complexity index is 1060. The van der Waals surface area contributed by atoms with E-state index in [0.717, 1.165) is 5.56 Å². The Balaban J connectivity index is 1.72. The lowest BCUT2D eigenvalue weighted by molar-refractivity contribution is -0.120. The van der Waals surface area contributed by atoms with Crippen LogP contribution in [0.15, 0.2) is 41.4 Å². The Hall–Kier alpha value is -2.98. The minimum atomic E-state index is -3.95. The molecule has 1 saturated heterocycles. The van der Waals surface area contributed by atoms with Gasteiger partial charge < -0.3 is 15.0 Å². The van der Waals surface area contributed by atoms with Gasteiger partial charge in [0.05, 0.1) is 23.3 Å². The number of nitrogens with one attached hydrogen (secondary N) is 1. The third-order valence-electron chi connectivity index (χ3n) is 5.08. The first-order valence-electron chi connectivity index (χ1n) is 9.42. The number of piperidine rings is 1. The quantitative estimate of drug-likeness (QED) is 0.687. The minimum Gasteiger partial charge on any atom is -0.465 e. The maximum atomic E-state index is 12.6. The lowest BCUT2D eigenvalue weighted by atomic mass is 9.95. The number of benzene rings is 1. The van der Waals surface area contributed by atoms with Crippen molar-refractivity contribution in [2.75, 3.05) is 30.4 Å². The number of nitrogens with zero attached hydrogens (tertiary/aromatic N) is 2. The molecule has 0 atom stereocenters. The number of nitrogens with two attached hydrogens (primary N) is 1. The first kappa shape index (κ1) is 21.7. The van der Waals surface area contributed by atoms with Crippen molar-refractivity contribution >= 4 is 33.4 Å². The number of sulfonamides is 1. The van der Waals surface area contributed by atoms with E-state index in [1.807, 2.05) is 24.0 Å². The standard InChI is InChI=1S/C20H24N4O5S/c1-13-5-8-22-18(11-13)23-19(25)14-6-9-24(10-7-14)17-4-3-15(30(21,27)28)12-16(17)20(26)29-2/h3-5,8,11-12,14H,6-7,9-10H2,1-2H3,(H2,21,27,28)(H,22,23,25). The number of methoxy groups -OCH3 is 1. The second-order valence-corrected chi connectivity index (χ2v) is 8.75. The number of carbonyl (C=O) groups is 2. The highest BCUT2D eigenvalue weighted by atomic mass is 32.2. The Kier molecular flexibility index (Phi) is 6.37. The number of pyridine rings is 1. The number of amides is 1. The van der Waals surface area contributed by atoms with E-state index in [2.05, 4.69) is 10.3 Å². The Morgan fingerprint density at radius 1 is 1.20 bits per heavy atom. The van der Waals surface area contributed by atoms with Crippen LogP contribution < -0.4 is 15.4 Å². The number of hydrogen-bond acceptors (Lipinski definition) is 7. The number of aromatic nitrogens is 1. The van der Waals surface area contributed by atoms with Crippen LogP contribution in [0.25, 0.3) is 0 Å². The van der Waals surface area contributed by atoms with Gasteiger partial charge in [-0.2, -0.15) is 0 Å². The maximum Gasteiger partial charge on any atom is 0.340 e. The molecule has 0 saturated carbocycles. The molecule has 0 radical (unpaired) electrons. The molecule has 3 rings (SSSR count). The summed E-state index contributed by atoms with van der Waals surface area (Å²) in [4.78, 5) is 30.7. The van der Waals surface area contributed by atoms with Gasteiger partial charge in [-0.05, 0) is 55.7 Å². The van der Waals surface area contributed by atoms with E-state index in [-0.39, 0.29) is 22.3 Å². The Morgan fingerprint density at radius 2 is 1.90 bits per heavy atom. The van der Waals surface area contributed by atoms with Crippen molar-refractivity contribution in [1.29, 1.82) is 0 Å². The molecule has 0 aliphatic carbocycles. The SMILES string of the molecule is COC(=O)c1cc(S(N)(=O)=O)ccc1N1CCC(C(=O)Nc2cc(C)ccn2)CC1. The number of ether oxygens (including phenoxy) is 1. The molecule has 1 aliphatic rings. The molecule has 9 nitrogen and oxygen atoms in total. The van der Waals surface area contributed by atoms with Crippen molar-refractivity contribution in [2.45, 2.75) is 24.7 Å². The number of aryl methyl sites for hydroxylation is 1. The molecule has 0 bridgehead atoms. The highest BCUT2D eigenvalue weighted by molar-refractivity contribution is 7.89. The van der Waals surface area contributed by atoms with E-state index in [1.165, 1.54) is 19.2 Å². The largest absolute Gasteiger partial charge is 0.465 e. The summed E-state index contributed by atoms with van der Waals surface area (Å²) < 4.78 is 28.1. The average molecular weight is 433 g/mol. The Labute approximate surface area is 175 Å². The zero-order valence-electron chi connectivity index (χ0n) is 16.8. The van der Waals surface area contributed by atoms with Gasteiger partial charge in [0.25, 0.3) is 0 Å². The molecule has 3 N–H and O–H groups in total. The Morgan fingerprint density at radius 3 is 2.50 bits per heavy atom. The second-order valence-electron chi connectivity index (χ2n) is 7.18. The molecule has 10 heteroatoms. The van der Waals surface area contributed by atoms with Gasteiger partial charge in [0, 0.05) is 25.2 Å². The van der Waals surface area contributed by atoms with Crippen molar-refractivity contribution in [3.63, 3.8) is 0 Å². The van der Waals surface area contributed by atoms with Gasteiger partial charge in [-0.25, -0.2) is 23.3 Å². The third kappa shape index (κ3) is 4.95. The van der Waals surface area contributed by atoms with E-state index in [4.69, 9.17) is 9.88 Å². The smallest absolute Gasteiger partial charge is 0.340 e. The fraction of sp³-hybridized carbons (Fsp3) is 0.350. The molecule has 0 spiro atoms. The van der Waals surface area contributed by atoms with Crippen molar-refractivity contribution < 1.29 is 22.7 Å². The van der Waals surface area contributed by atoms with Crippen LogP contribution in [-0.4, -0.2) is 45.5 Å². The first-order valence-corrected chi connectivity index (χ1v) is 11.0. The van der Waals surface area contributed by atoms with Gasteiger partial charge in [0.2, 0.25) is 15.9 Å². The monoisotopic (exact) mass is 432 g/mol. The van der Waals surface area contributed by atoms with Crippen LogP contribution in [0, 0.1) is 12.8 Å². The van der Waals surface area contributed by atoms with Crippen LogP contribution >= 0.6 is 0 Å². The first-order chi connectivity index (χ1) is 14.2. The van der Waals surface area contributed by atoms with Crippen LogP contribution in [0.4, 0.5) is 11.5 Å². The maximum absolute atomic E-state index is 12.6. The van der Waals surface area contributed by atoms with Gasteiger partial charge in [-0.1, -0.05) is 0 Å². The summed E-state index contributed by atoms with van der Waals surface area (Å²) in [5.74, 6) is -0.408. The summed E-state index contributed by atoms with van der Waals surface area (Å²) in [5.41, 5.74) is 1.68. The van der Waals surface area contributed by atoms with Crippen molar-refractivity contribution in [1.82, 2.24) is 4.98 Å². The van der Waals surface area contributed by atoms with Crippen LogP contribution in [0.3, 0.4) is 0 Å². The zero-order chi connectivity index (χ0) is 21.9. The summed E-state index contributed by atoms with van der Waals surface area (Å²) >= 11 is 0. The lowest BCUT2D eigenvalue weighted by Gasteiger charge is -2.34. The molecule has 1 fully saturated rings. The summed E-state index contributed by atoms with van der Waals surface area (Å²) in [6, 6.07) is 7.79. The molecular weight excluding hydrogens is 408 g/mol. The van der Waals surface area contributed by atoms with Crippen molar-refractivity contribution in [3.8, 4) is 0 Å². The summed E-state index contributed by atoms with van der Waals surface area (Å²) in [6.07, 6.45) is 2.80. The topological polar surface area (TPSA) is 132 Å². The molecule has 2 aromatic rings. The highest BCUT2D eigenvalue weighted by Gasteiger charge is 2.28. The number of rotatable bonds is 5. The zero-order valence-corrected chi connectivity index (χ0v) is 17.6. The van der Waals surface area contributed by atoms with Crippen LogP contribution in [0.1, 0.15) is 28.8 Å². The predicted octanol–water partition coefficient (Wildman–Crippen LogP) is 1.68. The van der Waals surface area contributed by atoms with E-state index >= 15 is 0 Å². The minimum absolute atomic E-state index is 0.0921. The van der Waals surface area contributed by atoms with E-state index in [1.54, 1.807) is 12.3 Å². The molecule has 2 heterocycles. The average Bonchev–Trinajstić information content (AvgIpc) is 2.72. The normalized spacial score (nSPS) is 15.0. The summed E-state index contributed by atoms with van der Waals surface area (Å²) in [6.45, 7) is 2.98. The summed E-state index contributed by atoms with van der Waals surface area (Å²) in [7, 11) is -2.72. The molecule has 160 valence electrons. The van der Waals surface area contributed by atoms with Gasteiger partial charge >= 0.3 is 5.97 Å². The van der Waals surface area contributed by atoms with Gasteiger partial charge in [-0.15, -0.1) is 0 Å². The van der Waals surface area contributed by atoms with Crippen LogP contribution in [0.2, 0.25) is 0 Å². The molecule has 1 aromatic heterocycles. The van der Waals surface area contributed by atoms with E-state index in [9.17, 15) is 18.0 Å². The third-order valence-corrected chi connectivity index (χ3v) is 5.99. The molecule has 1 aliphatic heterocycles. The molecular formula is C20H24N4O5S. The summed E-state index contributed by atoms with van der Waals surface area (Å²) in [5, 5.41) is 8.02. The van der Waals surface area contributed by atoms with Gasteiger partial charge in [0.1, 0.15) is 5.82 Å². The highest BCUT2D eigenvalue weighted by Crippen LogP contribution is 2.29. The number of primary sulfonamides is 1. The van der Waals surface area contributed by atoms with Crippen LogP contribution in [0.5, 0.6) is 0 Å². The number of hydrogen-bond donors (Lipinski definition) is 2. The predicted molar refractivity (Wildman–Crippen MR) is 112 cm³/mol. The van der Waals surface area contributed by atoms with Crippen LogP contribution in [-0.2, 0) is 19.6 Å².